The molecular formula is C23H29N3O4S. The first-order valence-corrected chi connectivity index (χ1v) is 12.3. The van der Waals surface area contributed by atoms with Gasteiger partial charge in [0.1, 0.15) is 0 Å². The SMILES string of the molecule is Cc1ccc(C)c(N(CCCC(=O)Nc2ccc(N3CCCC3=O)cc2)S(C)(=O)=O)c1. The zero-order valence-electron chi connectivity index (χ0n) is 18.2. The average Bonchev–Trinajstić information content (AvgIpc) is 3.13. The van der Waals surface area contributed by atoms with Crippen LogP contribution < -0.4 is 14.5 Å². The van der Waals surface area contributed by atoms with Crippen LogP contribution in [0.1, 0.15) is 36.8 Å². The van der Waals surface area contributed by atoms with Crippen molar-refractivity contribution in [2.45, 2.75) is 39.5 Å². The number of nitrogens with one attached hydrogen (secondary N) is 1. The predicted octanol–water partition coefficient (Wildman–Crippen LogP) is 3.62. The van der Waals surface area contributed by atoms with E-state index in [9.17, 15) is 18.0 Å². The molecule has 0 spiro atoms. The number of hydrogen-bond acceptors (Lipinski definition) is 4. The van der Waals surface area contributed by atoms with Crippen LogP contribution in [0.4, 0.5) is 17.1 Å². The third-order valence-corrected chi connectivity index (χ3v) is 6.51. The van der Waals surface area contributed by atoms with Crippen LogP contribution in [0.3, 0.4) is 0 Å². The molecule has 2 aromatic carbocycles. The second-order valence-corrected chi connectivity index (χ2v) is 9.88. The van der Waals surface area contributed by atoms with E-state index >= 15 is 0 Å². The first kappa shape index (κ1) is 22.8. The molecule has 0 aliphatic carbocycles. The van der Waals surface area contributed by atoms with Crippen LogP contribution >= 0.6 is 0 Å². The molecule has 8 heteroatoms. The van der Waals surface area contributed by atoms with Crippen LogP contribution in [0.15, 0.2) is 42.5 Å². The summed E-state index contributed by atoms with van der Waals surface area (Å²) in [6, 6.07) is 12.9. The molecule has 1 aliphatic rings. The van der Waals surface area contributed by atoms with Gasteiger partial charge in [-0.25, -0.2) is 8.42 Å². The molecule has 1 heterocycles. The molecule has 0 atom stereocenters. The molecule has 2 amide bonds. The van der Waals surface area contributed by atoms with Crippen LogP contribution in [-0.2, 0) is 19.6 Å². The predicted molar refractivity (Wildman–Crippen MR) is 124 cm³/mol. The van der Waals surface area contributed by atoms with Gasteiger partial charge in [-0.2, -0.15) is 0 Å². The lowest BCUT2D eigenvalue weighted by molar-refractivity contribution is -0.117. The van der Waals surface area contributed by atoms with Crippen molar-refractivity contribution in [3.8, 4) is 0 Å². The second kappa shape index (κ2) is 9.51. The lowest BCUT2D eigenvalue weighted by Crippen LogP contribution is -2.32. The van der Waals surface area contributed by atoms with Crippen LogP contribution in [0.5, 0.6) is 0 Å². The van der Waals surface area contributed by atoms with Crippen molar-refractivity contribution in [3.63, 3.8) is 0 Å². The largest absolute Gasteiger partial charge is 0.326 e. The third kappa shape index (κ3) is 5.85. The standard InChI is InChI=1S/C23H29N3O4S/c1-17-8-9-18(2)21(16-17)26(31(3,29)30)15-4-6-22(27)24-19-10-12-20(13-11-19)25-14-5-7-23(25)28/h8-13,16H,4-7,14-15H2,1-3H3,(H,24,27). The Morgan fingerprint density at radius 3 is 2.45 bits per heavy atom. The topological polar surface area (TPSA) is 86.8 Å². The lowest BCUT2D eigenvalue weighted by atomic mass is 10.1. The molecule has 31 heavy (non-hydrogen) atoms. The first-order chi connectivity index (χ1) is 14.6. The number of anilines is 3. The van der Waals surface area contributed by atoms with Crippen molar-refractivity contribution in [1.29, 1.82) is 0 Å². The van der Waals surface area contributed by atoms with E-state index in [-0.39, 0.29) is 24.8 Å². The Hall–Kier alpha value is -2.87. The lowest BCUT2D eigenvalue weighted by Gasteiger charge is -2.24. The van der Waals surface area contributed by atoms with Crippen molar-refractivity contribution in [2.75, 3.05) is 33.9 Å². The zero-order chi connectivity index (χ0) is 22.6. The molecule has 1 saturated heterocycles. The molecule has 1 fully saturated rings. The molecular weight excluding hydrogens is 414 g/mol. The Balaban J connectivity index is 1.57. The van der Waals surface area contributed by atoms with Crippen molar-refractivity contribution in [2.24, 2.45) is 0 Å². The van der Waals surface area contributed by atoms with Gasteiger partial charge in [-0.15, -0.1) is 0 Å². The Bertz CT molecular complexity index is 1060. The quantitative estimate of drug-likeness (QED) is 0.675. The van der Waals surface area contributed by atoms with Crippen LogP contribution in [0, 0.1) is 13.8 Å². The molecule has 0 bridgehead atoms. The monoisotopic (exact) mass is 443 g/mol. The summed E-state index contributed by atoms with van der Waals surface area (Å²) < 4.78 is 26.0. The first-order valence-electron chi connectivity index (χ1n) is 10.4. The van der Waals surface area contributed by atoms with Gasteiger partial charge in [0.25, 0.3) is 0 Å². The van der Waals surface area contributed by atoms with Gasteiger partial charge in [0.15, 0.2) is 0 Å². The summed E-state index contributed by atoms with van der Waals surface area (Å²) in [6.45, 7) is 4.75. The highest BCUT2D eigenvalue weighted by Crippen LogP contribution is 2.25. The summed E-state index contributed by atoms with van der Waals surface area (Å²) in [5, 5.41) is 2.83. The third-order valence-electron chi connectivity index (χ3n) is 5.33. The summed E-state index contributed by atoms with van der Waals surface area (Å²) in [6.07, 6.45) is 3.21. The Morgan fingerprint density at radius 2 is 1.84 bits per heavy atom. The fraction of sp³-hybridized carbons (Fsp3) is 0.391. The zero-order valence-corrected chi connectivity index (χ0v) is 19.0. The number of hydrogen-bond donors (Lipinski definition) is 1. The van der Waals surface area contributed by atoms with Crippen molar-refractivity contribution in [3.05, 3.63) is 53.6 Å². The molecule has 1 aliphatic heterocycles. The van der Waals surface area contributed by atoms with Gasteiger partial charge in [0, 0.05) is 37.3 Å². The van der Waals surface area contributed by atoms with Gasteiger partial charge in [-0.3, -0.25) is 13.9 Å². The van der Waals surface area contributed by atoms with Gasteiger partial charge in [-0.1, -0.05) is 12.1 Å². The average molecular weight is 444 g/mol. The van der Waals surface area contributed by atoms with Crippen LogP contribution in [-0.4, -0.2) is 39.6 Å². The molecule has 0 radical (unpaired) electrons. The van der Waals surface area contributed by atoms with Crippen LogP contribution in [0.2, 0.25) is 0 Å². The molecule has 7 nitrogen and oxygen atoms in total. The van der Waals surface area contributed by atoms with E-state index < -0.39 is 10.0 Å². The van der Waals surface area contributed by atoms with Gasteiger partial charge in [-0.05, 0) is 68.1 Å². The van der Waals surface area contributed by atoms with Gasteiger partial charge >= 0.3 is 0 Å². The van der Waals surface area contributed by atoms with Gasteiger partial charge < -0.3 is 10.2 Å². The number of sulfonamides is 1. The Kier molecular flexibility index (Phi) is 7.00. The minimum absolute atomic E-state index is 0.121. The van der Waals surface area contributed by atoms with Gasteiger partial charge in [0.05, 0.1) is 11.9 Å². The van der Waals surface area contributed by atoms with E-state index in [1.165, 1.54) is 10.6 Å². The van der Waals surface area contributed by atoms with E-state index in [1.807, 2.05) is 44.2 Å². The Morgan fingerprint density at radius 1 is 1.13 bits per heavy atom. The Labute approximate surface area is 184 Å². The highest BCUT2D eigenvalue weighted by molar-refractivity contribution is 7.92. The molecule has 0 unspecified atom stereocenters. The molecule has 3 rings (SSSR count). The molecule has 0 aromatic heterocycles. The number of nitrogens with zero attached hydrogens (tertiary/aromatic N) is 2. The van der Waals surface area contributed by atoms with E-state index in [4.69, 9.17) is 0 Å². The summed E-state index contributed by atoms with van der Waals surface area (Å²) in [5.41, 5.74) is 3.98. The molecule has 2 aromatic rings. The van der Waals surface area contributed by atoms with E-state index in [0.29, 0.717) is 24.2 Å². The highest BCUT2D eigenvalue weighted by atomic mass is 32.2. The van der Waals surface area contributed by atoms with E-state index in [2.05, 4.69) is 5.32 Å². The number of carbonyl (C=O) groups excluding carboxylic acids is 2. The number of amides is 2. The molecule has 166 valence electrons. The maximum absolute atomic E-state index is 12.4. The minimum atomic E-state index is -3.46. The van der Waals surface area contributed by atoms with E-state index in [0.717, 1.165) is 29.8 Å². The normalized spacial score (nSPS) is 14.0. The maximum Gasteiger partial charge on any atom is 0.232 e. The second-order valence-electron chi connectivity index (χ2n) is 7.97. The van der Waals surface area contributed by atoms with E-state index in [1.54, 1.807) is 17.0 Å². The fourth-order valence-corrected chi connectivity index (χ4v) is 4.72. The summed E-state index contributed by atoms with van der Waals surface area (Å²) >= 11 is 0. The number of aryl methyl sites for hydroxylation is 2. The van der Waals surface area contributed by atoms with Gasteiger partial charge in [0.2, 0.25) is 21.8 Å². The highest BCUT2D eigenvalue weighted by Gasteiger charge is 2.22. The van der Waals surface area contributed by atoms with Crippen LogP contribution in [0.25, 0.3) is 0 Å². The van der Waals surface area contributed by atoms with Crippen molar-refractivity contribution >= 4 is 38.9 Å². The van der Waals surface area contributed by atoms with Crippen molar-refractivity contribution in [1.82, 2.24) is 0 Å². The molecule has 0 saturated carbocycles. The maximum atomic E-state index is 12.4. The molecule has 1 N–H and O–H groups in total. The number of carbonyl (C=O) groups is 2. The van der Waals surface area contributed by atoms with Crippen molar-refractivity contribution < 1.29 is 18.0 Å². The summed E-state index contributed by atoms with van der Waals surface area (Å²) in [5.74, 6) is -0.0597. The fourth-order valence-electron chi connectivity index (χ4n) is 3.71. The number of rotatable bonds is 8. The summed E-state index contributed by atoms with van der Waals surface area (Å²) in [4.78, 5) is 25.9. The minimum Gasteiger partial charge on any atom is -0.326 e. The smallest absolute Gasteiger partial charge is 0.232 e. The summed E-state index contributed by atoms with van der Waals surface area (Å²) in [7, 11) is -3.46. The number of benzene rings is 2.